The van der Waals surface area contributed by atoms with Gasteiger partial charge in [-0.3, -0.25) is 4.79 Å². The van der Waals surface area contributed by atoms with Gasteiger partial charge in [0.25, 0.3) is 5.91 Å². The highest BCUT2D eigenvalue weighted by atomic mass is 16.5. The molecule has 1 atom stereocenters. The number of nitrogens with zero attached hydrogens (tertiary/aromatic N) is 3. The van der Waals surface area contributed by atoms with E-state index in [1.807, 2.05) is 41.2 Å². The molecule has 1 saturated carbocycles. The molecule has 1 amide bonds. The van der Waals surface area contributed by atoms with Gasteiger partial charge in [0.15, 0.2) is 6.10 Å². The van der Waals surface area contributed by atoms with Crippen LogP contribution >= 0.6 is 0 Å². The number of aromatic nitrogens is 2. The van der Waals surface area contributed by atoms with Gasteiger partial charge >= 0.3 is 0 Å². The SMILES string of the molecule is O=C(NC1CCC1)C1CN(Cc2ccc(-n3cccn3)cc2)c2ccccc2O1. The zero-order valence-corrected chi connectivity index (χ0v) is 16.2. The molecule has 2 aliphatic rings. The number of amides is 1. The lowest BCUT2D eigenvalue weighted by Crippen LogP contribution is -2.52. The summed E-state index contributed by atoms with van der Waals surface area (Å²) in [6.07, 6.45) is 6.54. The highest BCUT2D eigenvalue weighted by molar-refractivity contribution is 5.83. The molecule has 2 aromatic carbocycles. The van der Waals surface area contributed by atoms with Crippen LogP contribution in [0.4, 0.5) is 5.69 Å². The van der Waals surface area contributed by atoms with E-state index in [4.69, 9.17) is 4.74 Å². The Bertz CT molecular complexity index is 980. The summed E-state index contributed by atoms with van der Waals surface area (Å²) in [5, 5.41) is 7.40. The highest BCUT2D eigenvalue weighted by Gasteiger charge is 2.32. The molecule has 0 bridgehead atoms. The van der Waals surface area contributed by atoms with E-state index in [0.29, 0.717) is 19.1 Å². The van der Waals surface area contributed by atoms with Crippen molar-refractivity contribution in [3.63, 3.8) is 0 Å². The number of hydrogen-bond acceptors (Lipinski definition) is 4. The van der Waals surface area contributed by atoms with Crippen molar-refractivity contribution in [1.82, 2.24) is 15.1 Å². The predicted molar refractivity (Wildman–Crippen MR) is 111 cm³/mol. The molecular weight excluding hydrogens is 364 g/mol. The maximum atomic E-state index is 12.7. The minimum atomic E-state index is -0.492. The van der Waals surface area contributed by atoms with Crippen molar-refractivity contribution >= 4 is 11.6 Å². The molecule has 1 aromatic heterocycles. The quantitative estimate of drug-likeness (QED) is 0.729. The molecule has 6 heteroatoms. The number of rotatable bonds is 5. The topological polar surface area (TPSA) is 59.4 Å². The summed E-state index contributed by atoms with van der Waals surface area (Å²) in [7, 11) is 0. The molecule has 3 aromatic rings. The van der Waals surface area contributed by atoms with Crippen LogP contribution < -0.4 is 15.0 Å². The van der Waals surface area contributed by atoms with Gasteiger partial charge in [0.2, 0.25) is 0 Å². The van der Waals surface area contributed by atoms with Gasteiger partial charge in [-0.15, -0.1) is 0 Å². The van der Waals surface area contributed by atoms with E-state index >= 15 is 0 Å². The Labute approximate surface area is 170 Å². The smallest absolute Gasteiger partial charge is 0.263 e. The number of nitrogens with one attached hydrogen (secondary N) is 1. The van der Waals surface area contributed by atoms with Crippen LogP contribution in [0.3, 0.4) is 0 Å². The molecule has 148 valence electrons. The summed E-state index contributed by atoms with van der Waals surface area (Å²) in [6.45, 7) is 1.25. The summed E-state index contributed by atoms with van der Waals surface area (Å²) < 4.78 is 7.88. The van der Waals surface area contributed by atoms with E-state index in [-0.39, 0.29) is 5.91 Å². The first-order chi connectivity index (χ1) is 14.3. The Kier molecular flexibility index (Phi) is 4.68. The van der Waals surface area contributed by atoms with Gasteiger partial charge < -0.3 is 15.0 Å². The Hall–Kier alpha value is -3.28. The van der Waals surface area contributed by atoms with Gasteiger partial charge in [-0.05, 0) is 55.2 Å². The Balaban J connectivity index is 1.34. The normalized spacial score (nSPS) is 18.5. The van der Waals surface area contributed by atoms with Crippen molar-refractivity contribution in [3.8, 4) is 11.4 Å². The number of fused-ring (bicyclic) bond motifs is 1. The minimum Gasteiger partial charge on any atom is -0.477 e. The third-order valence-corrected chi connectivity index (χ3v) is 5.68. The van der Waals surface area contributed by atoms with Gasteiger partial charge in [0, 0.05) is 25.0 Å². The third kappa shape index (κ3) is 3.70. The summed E-state index contributed by atoms with van der Waals surface area (Å²) in [5.41, 5.74) is 3.23. The lowest BCUT2D eigenvalue weighted by atomic mass is 9.93. The molecule has 1 unspecified atom stereocenters. The zero-order chi connectivity index (χ0) is 19.6. The number of ether oxygens (including phenoxy) is 1. The van der Waals surface area contributed by atoms with Crippen LogP contribution in [0.5, 0.6) is 5.75 Å². The Morgan fingerprint density at radius 3 is 2.66 bits per heavy atom. The molecule has 0 radical (unpaired) electrons. The minimum absolute atomic E-state index is 0.0109. The highest BCUT2D eigenvalue weighted by Crippen LogP contribution is 2.34. The molecule has 1 aliphatic heterocycles. The van der Waals surface area contributed by atoms with Gasteiger partial charge in [0.1, 0.15) is 5.75 Å². The molecule has 0 spiro atoms. The Morgan fingerprint density at radius 1 is 1.10 bits per heavy atom. The van der Waals surface area contributed by atoms with Gasteiger partial charge in [-0.1, -0.05) is 24.3 Å². The van der Waals surface area contributed by atoms with Crippen molar-refractivity contribution in [2.24, 2.45) is 0 Å². The monoisotopic (exact) mass is 388 g/mol. The fraction of sp³-hybridized carbons (Fsp3) is 0.304. The molecule has 5 rings (SSSR count). The lowest BCUT2D eigenvalue weighted by Gasteiger charge is -2.37. The number of anilines is 1. The van der Waals surface area contributed by atoms with Crippen LogP contribution in [0.15, 0.2) is 67.0 Å². The first kappa shape index (κ1) is 17.8. The van der Waals surface area contributed by atoms with E-state index in [0.717, 1.165) is 30.0 Å². The fourth-order valence-corrected chi connectivity index (χ4v) is 3.84. The third-order valence-electron chi connectivity index (χ3n) is 5.68. The van der Waals surface area contributed by atoms with Gasteiger partial charge in [-0.25, -0.2) is 4.68 Å². The number of carbonyl (C=O) groups excluding carboxylic acids is 1. The predicted octanol–water partition coefficient (Wildman–Crippen LogP) is 3.31. The second kappa shape index (κ2) is 7.62. The van der Waals surface area contributed by atoms with Crippen LogP contribution in [-0.4, -0.2) is 34.4 Å². The standard InChI is InChI=1S/C23H24N4O2/c28-23(25-18-5-3-6-18)22-16-26(20-7-1-2-8-21(20)29-22)15-17-9-11-19(12-10-17)27-14-4-13-24-27/h1-2,4,7-14,18,22H,3,5-6,15-16H2,(H,25,28). The van der Waals surface area contributed by atoms with Crippen LogP contribution in [0.1, 0.15) is 24.8 Å². The van der Waals surface area contributed by atoms with Crippen LogP contribution in [0, 0.1) is 0 Å². The first-order valence-corrected chi connectivity index (χ1v) is 10.2. The zero-order valence-electron chi connectivity index (χ0n) is 16.2. The molecule has 0 saturated heterocycles. The van der Waals surface area contributed by atoms with E-state index in [1.165, 1.54) is 12.0 Å². The fourth-order valence-electron chi connectivity index (χ4n) is 3.84. The number of hydrogen-bond donors (Lipinski definition) is 1. The summed E-state index contributed by atoms with van der Waals surface area (Å²) >= 11 is 0. The molecule has 1 N–H and O–H groups in total. The largest absolute Gasteiger partial charge is 0.477 e. The van der Waals surface area contributed by atoms with Crippen molar-refractivity contribution in [2.45, 2.75) is 38.0 Å². The molecule has 29 heavy (non-hydrogen) atoms. The van der Waals surface area contributed by atoms with Gasteiger partial charge in [-0.2, -0.15) is 5.10 Å². The molecule has 1 aliphatic carbocycles. The summed E-state index contributed by atoms with van der Waals surface area (Å²) in [6, 6.07) is 18.5. The Morgan fingerprint density at radius 2 is 1.93 bits per heavy atom. The summed E-state index contributed by atoms with van der Waals surface area (Å²) in [5.74, 6) is 0.754. The lowest BCUT2D eigenvalue weighted by molar-refractivity contribution is -0.129. The maximum Gasteiger partial charge on any atom is 0.263 e. The number of benzene rings is 2. The molecule has 1 fully saturated rings. The molecule has 6 nitrogen and oxygen atoms in total. The average Bonchev–Trinajstić information content (AvgIpc) is 3.26. The first-order valence-electron chi connectivity index (χ1n) is 10.2. The van der Waals surface area contributed by atoms with E-state index in [9.17, 15) is 4.79 Å². The van der Waals surface area contributed by atoms with Gasteiger partial charge in [0.05, 0.1) is 17.9 Å². The van der Waals surface area contributed by atoms with Crippen molar-refractivity contribution in [2.75, 3.05) is 11.4 Å². The van der Waals surface area contributed by atoms with E-state index in [1.54, 1.807) is 6.20 Å². The molecule has 2 heterocycles. The van der Waals surface area contributed by atoms with Crippen LogP contribution in [0.25, 0.3) is 5.69 Å². The van der Waals surface area contributed by atoms with E-state index in [2.05, 4.69) is 39.6 Å². The van der Waals surface area contributed by atoms with E-state index < -0.39 is 6.10 Å². The maximum absolute atomic E-state index is 12.7. The van der Waals surface area contributed by atoms with Crippen molar-refractivity contribution in [1.29, 1.82) is 0 Å². The number of para-hydroxylation sites is 2. The average molecular weight is 388 g/mol. The summed E-state index contributed by atoms with van der Waals surface area (Å²) in [4.78, 5) is 14.9. The van der Waals surface area contributed by atoms with Crippen molar-refractivity contribution in [3.05, 3.63) is 72.6 Å². The second-order valence-corrected chi connectivity index (χ2v) is 7.71. The number of carbonyl (C=O) groups is 1. The second-order valence-electron chi connectivity index (χ2n) is 7.71. The van der Waals surface area contributed by atoms with Crippen LogP contribution in [0.2, 0.25) is 0 Å². The molecular formula is C23H24N4O2. The van der Waals surface area contributed by atoms with Crippen LogP contribution in [-0.2, 0) is 11.3 Å². The van der Waals surface area contributed by atoms with Crippen molar-refractivity contribution < 1.29 is 9.53 Å².